The predicted molar refractivity (Wildman–Crippen MR) is 88.7 cm³/mol. The Bertz CT molecular complexity index is 607. The van der Waals surface area contributed by atoms with Gasteiger partial charge in [0, 0.05) is 18.7 Å². The molecule has 2 aromatic carbocycles. The summed E-state index contributed by atoms with van der Waals surface area (Å²) in [6.45, 7) is 3.93. The number of hydrogen-bond acceptors (Lipinski definition) is 2. The third-order valence-corrected chi connectivity index (χ3v) is 3.43. The number of thiocarbonyl (C=S) groups is 1. The Morgan fingerprint density at radius 2 is 1.65 bits per heavy atom. The lowest BCUT2D eigenvalue weighted by atomic mass is 10.1. The lowest BCUT2D eigenvalue weighted by Gasteiger charge is -2.17. The second kappa shape index (κ2) is 6.64. The van der Waals surface area contributed by atoms with Gasteiger partial charge in [-0.25, -0.2) is 0 Å². The van der Waals surface area contributed by atoms with Gasteiger partial charge in [0.05, 0.1) is 0 Å². The first-order chi connectivity index (χ1) is 9.54. The molecule has 0 spiro atoms. The lowest BCUT2D eigenvalue weighted by Crippen LogP contribution is -2.18. The molecule has 0 saturated carbocycles. The predicted octanol–water partition coefficient (Wildman–Crippen LogP) is 3.26. The molecule has 0 bridgehead atoms. The van der Waals surface area contributed by atoms with E-state index < -0.39 is 0 Å². The minimum Gasteiger partial charge on any atom is -0.389 e. The molecule has 2 N–H and O–H groups in total. The molecule has 0 radical (unpaired) electrons. The van der Waals surface area contributed by atoms with E-state index in [0.29, 0.717) is 4.99 Å². The smallest absolute Gasteiger partial charge is 0.103 e. The minimum absolute atomic E-state index is 0.452. The van der Waals surface area contributed by atoms with E-state index in [1.165, 1.54) is 16.7 Å². The average molecular weight is 284 g/mol. The molecule has 0 aliphatic heterocycles. The fourth-order valence-electron chi connectivity index (χ4n) is 2.31. The summed E-state index contributed by atoms with van der Waals surface area (Å²) < 4.78 is 0. The Morgan fingerprint density at radius 3 is 2.25 bits per heavy atom. The summed E-state index contributed by atoms with van der Waals surface area (Å²) >= 11 is 5.02. The molecule has 0 atom stereocenters. The van der Waals surface area contributed by atoms with E-state index in [4.69, 9.17) is 18.0 Å². The molecule has 0 unspecified atom stereocenters. The van der Waals surface area contributed by atoms with Crippen molar-refractivity contribution in [2.24, 2.45) is 5.73 Å². The zero-order chi connectivity index (χ0) is 14.5. The van der Waals surface area contributed by atoms with Crippen LogP contribution in [-0.4, -0.2) is 16.9 Å². The van der Waals surface area contributed by atoms with Crippen LogP contribution in [0.2, 0.25) is 0 Å². The third-order valence-electron chi connectivity index (χ3n) is 3.20. The van der Waals surface area contributed by atoms with E-state index in [2.05, 4.69) is 55.3 Å². The second-order valence-electron chi connectivity index (χ2n) is 5.23. The summed E-state index contributed by atoms with van der Waals surface area (Å²) in [4.78, 5) is 2.74. The van der Waals surface area contributed by atoms with Gasteiger partial charge in [-0.15, -0.1) is 0 Å². The van der Waals surface area contributed by atoms with Crippen LogP contribution in [0.3, 0.4) is 0 Å². The number of nitrogens with zero attached hydrogens (tertiary/aromatic N) is 1. The number of aryl methyl sites for hydroxylation is 1. The summed E-state index contributed by atoms with van der Waals surface area (Å²) in [6, 6.07) is 16.7. The van der Waals surface area contributed by atoms with E-state index in [9.17, 15) is 0 Å². The summed E-state index contributed by atoms with van der Waals surface area (Å²) in [5.41, 5.74) is 10.5. The van der Waals surface area contributed by atoms with Crippen LogP contribution >= 0.6 is 12.2 Å². The van der Waals surface area contributed by atoms with Crippen molar-refractivity contribution >= 4 is 17.2 Å². The van der Waals surface area contributed by atoms with Crippen LogP contribution in [0.4, 0.5) is 0 Å². The molecule has 0 aliphatic rings. The number of nitrogens with two attached hydrogens (primary N) is 1. The maximum atomic E-state index is 5.67. The van der Waals surface area contributed by atoms with Gasteiger partial charge in [0.15, 0.2) is 0 Å². The van der Waals surface area contributed by atoms with Gasteiger partial charge in [-0.2, -0.15) is 0 Å². The normalized spacial score (nSPS) is 10.8. The van der Waals surface area contributed by atoms with Crippen molar-refractivity contribution in [3.05, 3.63) is 70.8 Å². The minimum atomic E-state index is 0.452. The van der Waals surface area contributed by atoms with Crippen molar-refractivity contribution in [3.63, 3.8) is 0 Å². The highest BCUT2D eigenvalue weighted by Gasteiger charge is 2.04. The van der Waals surface area contributed by atoms with Gasteiger partial charge >= 0.3 is 0 Å². The number of hydrogen-bond donors (Lipinski definition) is 1. The molecule has 2 rings (SSSR count). The van der Waals surface area contributed by atoms with Gasteiger partial charge in [-0.3, -0.25) is 4.90 Å². The molecule has 0 amide bonds. The fraction of sp³-hybridized carbons (Fsp3) is 0.235. The maximum Gasteiger partial charge on any atom is 0.103 e. The molecule has 3 heteroatoms. The molecule has 2 aromatic rings. The first-order valence-corrected chi connectivity index (χ1v) is 7.08. The molecular formula is C17H20N2S. The van der Waals surface area contributed by atoms with Crippen molar-refractivity contribution in [1.82, 2.24) is 4.90 Å². The van der Waals surface area contributed by atoms with Gasteiger partial charge in [-0.1, -0.05) is 60.2 Å². The van der Waals surface area contributed by atoms with Crippen LogP contribution in [0.5, 0.6) is 0 Å². The van der Waals surface area contributed by atoms with Crippen LogP contribution in [0.25, 0.3) is 0 Å². The quantitative estimate of drug-likeness (QED) is 0.855. The van der Waals surface area contributed by atoms with E-state index in [-0.39, 0.29) is 0 Å². The Morgan fingerprint density at radius 1 is 1.05 bits per heavy atom. The first-order valence-electron chi connectivity index (χ1n) is 6.67. The average Bonchev–Trinajstić information content (AvgIpc) is 2.38. The Hall–Kier alpha value is -1.71. The Kier molecular flexibility index (Phi) is 4.88. The highest BCUT2D eigenvalue weighted by atomic mass is 32.1. The van der Waals surface area contributed by atoms with Crippen molar-refractivity contribution < 1.29 is 0 Å². The van der Waals surface area contributed by atoms with Crippen molar-refractivity contribution in [1.29, 1.82) is 0 Å². The standard InChI is InChI=1S/C17H20N2S/c1-13-5-3-6-14(9-13)11-19(2)12-15-7-4-8-16(10-15)17(18)20/h3-10H,11-12H2,1-2H3,(H2,18,20). The largest absolute Gasteiger partial charge is 0.389 e. The third kappa shape index (κ3) is 4.15. The maximum absolute atomic E-state index is 5.67. The lowest BCUT2D eigenvalue weighted by molar-refractivity contribution is 0.319. The van der Waals surface area contributed by atoms with Crippen molar-refractivity contribution in [2.75, 3.05) is 7.05 Å². The van der Waals surface area contributed by atoms with Crippen LogP contribution in [0.1, 0.15) is 22.3 Å². The number of benzene rings is 2. The molecule has 0 aromatic heterocycles. The number of rotatable bonds is 5. The van der Waals surface area contributed by atoms with Crippen LogP contribution < -0.4 is 5.73 Å². The molecule has 104 valence electrons. The van der Waals surface area contributed by atoms with E-state index in [1.54, 1.807) is 0 Å². The zero-order valence-electron chi connectivity index (χ0n) is 12.0. The van der Waals surface area contributed by atoms with Crippen LogP contribution in [0, 0.1) is 6.92 Å². The fourth-order valence-corrected chi connectivity index (χ4v) is 2.44. The molecule has 20 heavy (non-hydrogen) atoms. The monoisotopic (exact) mass is 284 g/mol. The zero-order valence-corrected chi connectivity index (χ0v) is 12.8. The van der Waals surface area contributed by atoms with E-state index in [1.807, 2.05) is 12.1 Å². The molecule has 0 heterocycles. The Balaban J connectivity index is 2.02. The summed E-state index contributed by atoms with van der Waals surface area (Å²) in [6.07, 6.45) is 0. The summed E-state index contributed by atoms with van der Waals surface area (Å²) in [7, 11) is 2.12. The van der Waals surface area contributed by atoms with Gasteiger partial charge in [0.1, 0.15) is 4.99 Å². The molecule has 0 saturated heterocycles. The van der Waals surface area contributed by atoms with Crippen LogP contribution in [-0.2, 0) is 13.1 Å². The molecular weight excluding hydrogens is 264 g/mol. The molecule has 0 fully saturated rings. The van der Waals surface area contributed by atoms with Gasteiger partial charge in [0.25, 0.3) is 0 Å². The molecule has 2 nitrogen and oxygen atoms in total. The van der Waals surface area contributed by atoms with Crippen LogP contribution in [0.15, 0.2) is 48.5 Å². The highest BCUT2D eigenvalue weighted by Crippen LogP contribution is 2.11. The second-order valence-corrected chi connectivity index (χ2v) is 5.67. The first kappa shape index (κ1) is 14.7. The molecule has 0 aliphatic carbocycles. The SMILES string of the molecule is Cc1cccc(CN(C)Cc2cccc(C(N)=S)c2)c1. The Labute approximate surface area is 126 Å². The van der Waals surface area contributed by atoms with E-state index in [0.717, 1.165) is 18.7 Å². The van der Waals surface area contributed by atoms with Gasteiger partial charge in [0.2, 0.25) is 0 Å². The van der Waals surface area contributed by atoms with Gasteiger partial charge in [-0.05, 0) is 31.2 Å². The summed E-state index contributed by atoms with van der Waals surface area (Å²) in [5, 5.41) is 0. The van der Waals surface area contributed by atoms with Crippen molar-refractivity contribution in [3.8, 4) is 0 Å². The van der Waals surface area contributed by atoms with Crippen molar-refractivity contribution in [2.45, 2.75) is 20.0 Å². The topological polar surface area (TPSA) is 29.3 Å². The van der Waals surface area contributed by atoms with Gasteiger partial charge < -0.3 is 5.73 Å². The van der Waals surface area contributed by atoms with E-state index >= 15 is 0 Å². The highest BCUT2D eigenvalue weighted by molar-refractivity contribution is 7.80. The summed E-state index contributed by atoms with van der Waals surface area (Å²) in [5.74, 6) is 0.